The second kappa shape index (κ2) is 4.63. The molecule has 0 fully saturated rings. The molecule has 0 saturated heterocycles. The lowest BCUT2D eigenvalue weighted by molar-refractivity contribution is 0.423. The summed E-state index contributed by atoms with van der Waals surface area (Å²) in [6.07, 6.45) is 8.88. The number of imidazole rings is 1. The summed E-state index contributed by atoms with van der Waals surface area (Å²) >= 11 is 0. The molecule has 0 radical (unpaired) electrons. The zero-order chi connectivity index (χ0) is 12.3. The monoisotopic (exact) mass is 231 g/mol. The van der Waals surface area contributed by atoms with Crippen LogP contribution in [0.2, 0.25) is 0 Å². The fourth-order valence-electron chi connectivity index (χ4n) is 1.32. The molecule has 0 unspecified atom stereocenters. The summed E-state index contributed by atoms with van der Waals surface area (Å²) in [4.78, 5) is 12.5. The maximum absolute atomic E-state index is 4.29. The summed E-state index contributed by atoms with van der Waals surface area (Å²) in [5.41, 5.74) is 1.17. The average Bonchev–Trinajstić information content (AvgIpc) is 2.79. The van der Waals surface area contributed by atoms with Crippen molar-refractivity contribution in [3.8, 4) is 5.95 Å². The summed E-state index contributed by atoms with van der Waals surface area (Å²) in [5.74, 6) is 0.641. The minimum absolute atomic E-state index is 0.100. The minimum atomic E-state index is 0.100. The van der Waals surface area contributed by atoms with E-state index in [2.05, 4.69) is 41.0 Å². The lowest BCUT2D eigenvalue weighted by Gasteiger charge is -2.20. The van der Waals surface area contributed by atoms with Gasteiger partial charge in [-0.1, -0.05) is 0 Å². The molecule has 0 bridgehead atoms. The Morgan fingerprint density at radius 1 is 1.24 bits per heavy atom. The smallest absolute Gasteiger partial charge is 0.234 e. The van der Waals surface area contributed by atoms with Gasteiger partial charge in [0.15, 0.2) is 0 Å². The van der Waals surface area contributed by atoms with Gasteiger partial charge in [0.2, 0.25) is 5.95 Å². The molecule has 2 heterocycles. The van der Waals surface area contributed by atoms with Crippen LogP contribution < -0.4 is 5.32 Å². The molecule has 2 aromatic rings. The van der Waals surface area contributed by atoms with Crippen molar-refractivity contribution in [3.05, 3.63) is 36.7 Å². The number of hydrogen-bond donors (Lipinski definition) is 1. The fraction of sp³-hybridized carbons (Fsp3) is 0.417. The molecular formula is C12H17N5. The van der Waals surface area contributed by atoms with E-state index in [-0.39, 0.29) is 5.54 Å². The van der Waals surface area contributed by atoms with Crippen LogP contribution in [-0.4, -0.2) is 25.1 Å². The van der Waals surface area contributed by atoms with Gasteiger partial charge in [0.1, 0.15) is 6.33 Å². The van der Waals surface area contributed by atoms with Crippen molar-refractivity contribution in [1.29, 1.82) is 0 Å². The Kier molecular flexibility index (Phi) is 3.19. The largest absolute Gasteiger partial charge is 0.308 e. The van der Waals surface area contributed by atoms with E-state index in [1.165, 1.54) is 0 Å². The summed E-state index contributed by atoms with van der Waals surface area (Å²) < 4.78 is 1.78. The molecule has 90 valence electrons. The Bertz CT molecular complexity index is 453. The first kappa shape index (κ1) is 11.7. The lowest BCUT2D eigenvalue weighted by Crippen LogP contribution is -2.35. The third-order valence-corrected chi connectivity index (χ3v) is 2.25. The van der Waals surface area contributed by atoms with Gasteiger partial charge >= 0.3 is 0 Å². The van der Waals surface area contributed by atoms with Gasteiger partial charge < -0.3 is 5.32 Å². The highest BCUT2D eigenvalue weighted by molar-refractivity contribution is 5.14. The standard InChI is InChI=1S/C12H17N5/c1-12(2,3)16-8-10-6-14-11(15-7-10)17-5-4-13-9-17/h4-7,9,16H,8H2,1-3H3. The van der Waals surface area contributed by atoms with Crippen molar-refractivity contribution in [3.63, 3.8) is 0 Å². The molecule has 0 aliphatic rings. The Morgan fingerprint density at radius 2 is 1.94 bits per heavy atom. The van der Waals surface area contributed by atoms with Crippen LogP contribution in [0.5, 0.6) is 0 Å². The van der Waals surface area contributed by atoms with Crippen LogP contribution in [0.1, 0.15) is 26.3 Å². The van der Waals surface area contributed by atoms with Crippen LogP contribution in [0.25, 0.3) is 5.95 Å². The summed E-state index contributed by atoms with van der Waals surface area (Å²) in [7, 11) is 0. The van der Waals surface area contributed by atoms with E-state index in [1.54, 1.807) is 17.1 Å². The molecular weight excluding hydrogens is 214 g/mol. The zero-order valence-corrected chi connectivity index (χ0v) is 10.4. The van der Waals surface area contributed by atoms with E-state index in [1.807, 2.05) is 18.6 Å². The molecule has 0 aromatic carbocycles. The van der Waals surface area contributed by atoms with Crippen LogP contribution in [0.4, 0.5) is 0 Å². The summed E-state index contributed by atoms with van der Waals surface area (Å²) in [6.45, 7) is 7.17. The average molecular weight is 231 g/mol. The number of hydrogen-bond acceptors (Lipinski definition) is 4. The van der Waals surface area contributed by atoms with Gasteiger partial charge in [-0.25, -0.2) is 15.0 Å². The maximum Gasteiger partial charge on any atom is 0.234 e. The van der Waals surface area contributed by atoms with E-state index in [0.29, 0.717) is 5.95 Å². The number of nitrogens with one attached hydrogen (secondary N) is 1. The molecule has 2 rings (SSSR count). The van der Waals surface area contributed by atoms with Gasteiger partial charge in [0, 0.05) is 42.4 Å². The van der Waals surface area contributed by atoms with Crippen molar-refractivity contribution in [2.75, 3.05) is 0 Å². The SMILES string of the molecule is CC(C)(C)NCc1cnc(-n2ccnc2)nc1. The lowest BCUT2D eigenvalue weighted by atomic mass is 10.1. The molecule has 0 aliphatic heterocycles. The number of aromatic nitrogens is 4. The predicted octanol–water partition coefficient (Wildman–Crippen LogP) is 1.55. The van der Waals surface area contributed by atoms with Crippen LogP contribution in [0.3, 0.4) is 0 Å². The number of rotatable bonds is 3. The molecule has 0 spiro atoms. The Labute approximate surface area is 101 Å². The first-order chi connectivity index (χ1) is 8.04. The van der Waals surface area contributed by atoms with Crippen molar-refractivity contribution in [2.45, 2.75) is 32.9 Å². The fourth-order valence-corrected chi connectivity index (χ4v) is 1.32. The topological polar surface area (TPSA) is 55.6 Å². The molecule has 0 amide bonds. The third-order valence-electron chi connectivity index (χ3n) is 2.25. The van der Waals surface area contributed by atoms with Crippen LogP contribution in [0, 0.1) is 0 Å². The van der Waals surface area contributed by atoms with Crippen LogP contribution >= 0.6 is 0 Å². The molecule has 5 nitrogen and oxygen atoms in total. The summed E-state index contributed by atoms with van der Waals surface area (Å²) in [6, 6.07) is 0. The highest BCUT2D eigenvalue weighted by Gasteiger charge is 2.08. The Hall–Kier alpha value is -1.75. The molecule has 2 aromatic heterocycles. The van der Waals surface area contributed by atoms with Gasteiger partial charge in [-0.15, -0.1) is 0 Å². The van der Waals surface area contributed by atoms with Gasteiger partial charge in [-0.2, -0.15) is 0 Å². The van der Waals surface area contributed by atoms with Crippen LogP contribution in [0.15, 0.2) is 31.1 Å². The predicted molar refractivity (Wildman–Crippen MR) is 65.7 cm³/mol. The van der Waals surface area contributed by atoms with Crippen molar-refractivity contribution in [1.82, 2.24) is 24.8 Å². The minimum Gasteiger partial charge on any atom is -0.308 e. The van der Waals surface area contributed by atoms with Gasteiger partial charge in [-0.3, -0.25) is 4.57 Å². The van der Waals surface area contributed by atoms with Crippen molar-refractivity contribution in [2.24, 2.45) is 0 Å². The van der Waals surface area contributed by atoms with Gasteiger partial charge in [-0.05, 0) is 20.8 Å². The van der Waals surface area contributed by atoms with E-state index in [0.717, 1.165) is 12.1 Å². The van der Waals surface area contributed by atoms with Crippen LogP contribution in [-0.2, 0) is 6.54 Å². The third kappa shape index (κ3) is 3.35. The summed E-state index contributed by atoms with van der Waals surface area (Å²) in [5, 5.41) is 3.39. The molecule has 5 heteroatoms. The van der Waals surface area contributed by atoms with E-state index >= 15 is 0 Å². The molecule has 0 aliphatic carbocycles. The van der Waals surface area contributed by atoms with E-state index in [4.69, 9.17) is 0 Å². The van der Waals surface area contributed by atoms with Crippen molar-refractivity contribution < 1.29 is 0 Å². The van der Waals surface area contributed by atoms with E-state index < -0.39 is 0 Å². The maximum atomic E-state index is 4.29. The zero-order valence-electron chi connectivity index (χ0n) is 10.4. The highest BCUT2D eigenvalue weighted by atomic mass is 15.2. The number of nitrogens with zero attached hydrogens (tertiary/aromatic N) is 4. The molecule has 0 saturated carbocycles. The van der Waals surface area contributed by atoms with Crippen molar-refractivity contribution >= 4 is 0 Å². The first-order valence-electron chi connectivity index (χ1n) is 5.59. The molecule has 1 N–H and O–H groups in total. The second-order valence-electron chi connectivity index (χ2n) is 4.96. The normalized spacial score (nSPS) is 11.7. The van der Waals surface area contributed by atoms with Gasteiger partial charge in [0.05, 0.1) is 0 Å². The Balaban J connectivity index is 2.04. The second-order valence-corrected chi connectivity index (χ2v) is 4.96. The Morgan fingerprint density at radius 3 is 2.47 bits per heavy atom. The molecule has 17 heavy (non-hydrogen) atoms. The quantitative estimate of drug-likeness (QED) is 0.870. The molecule has 0 atom stereocenters. The first-order valence-corrected chi connectivity index (χ1v) is 5.59. The van der Waals surface area contributed by atoms with Gasteiger partial charge in [0.25, 0.3) is 0 Å². The van der Waals surface area contributed by atoms with E-state index in [9.17, 15) is 0 Å². The highest BCUT2D eigenvalue weighted by Crippen LogP contribution is 2.04.